The van der Waals surface area contributed by atoms with Crippen LogP contribution < -0.4 is 0 Å². The van der Waals surface area contributed by atoms with Crippen LogP contribution in [-0.4, -0.2) is 24.5 Å². The van der Waals surface area contributed by atoms with Crippen molar-refractivity contribution in [2.45, 2.75) is 38.6 Å². The van der Waals surface area contributed by atoms with Crippen LogP contribution in [0.3, 0.4) is 0 Å². The summed E-state index contributed by atoms with van der Waals surface area (Å²) in [5, 5.41) is 0. The fourth-order valence-electron chi connectivity index (χ4n) is 4.41. The minimum atomic E-state index is 0.871. The van der Waals surface area contributed by atoms with Crippen LogP contribution in [0.5, 0.6) is 0 Å². The van der Waals surface area contributed by atoms with Crippen LogP contribution in [0.1, 0.15) is 32.6 Å². The zero-order valence-corrected chi connectivity index (χ0v) is 8.87. The lowest BCUT2D eigenvalue weighted by Gasteiger charge is -2.20. The summed E-state index contributed by atoms with van der Waals surface area (Å²) in [6, 6.07) is 0.871. The van der Waals surface area contributed by atoms with E-state index in [4.69, 9.17) is 0 Å². The maximum atomic E-state index is 2.59. The summed E-state index contributed by atoms with van der Waals surface area (Å²) >= 11 is 0. The van der Waals surface area contributed by atoms with Gasteiger partial charge in [0.15, 0.2) is 0 Å². The van der Waals surface area contributed by atoms with Crippen LogP contribution in [-0.2, 0) is 0 Å². The Kier molecular flexibility index (Phi) is 1.74. The van der Waals surface area contributed by atoms with E-state index >= 15 is 0 Å². The van der Waals surface area contributed by atoms with Crippen molar-refractivity contribution in [1.29, 1.82) is 0 Å². The first kappa shape index (κ1) is 8.28. The van der Waals surface area contributed by atoms with Crippen LogP contribution in [0, 0.1) is 23.7 Å². The van der Waals surface area contributed by atoms with Crippen LogP contribution in [0.25, 0.3) is 0 Å². The molecule has 1 aliphatic heterocycles. The SMILES string of the molecule is C[C@@H]1[C@H]2CC3CCCC3[C@H]2CN1C. The van der Waals surface area contributed by atoms with E-state index in [1.54, 1.807) is 19.3 Å². The lowest BCUT2D eigenvalue weighted by atomic mass is 9.88. The standard InChI is InChI=1S/C12H21N/c1-8-11-6-9-4-3-5-10(9)12(11)7-13(8)2/h8-12H,3-7H2,1-2H3/t8-,9?,10?,11-,12-/m1/s1. The van der Waals surface area contributed by atoms with Gasteiger partial charge in [0, 0.05) is 12.6 Å². The van der Waals surface area contributed by atoms with Gasteiger partial charge in [0.05, 0.1) is 0 Å². The molecule has 1 saturated heterocycles. The van der Waals surface area contributed by atoms with Crippen molar-refractivity contribution in [3.8, 4) is 0 Å². The summed E-state index contributed by atoms with van der Waals surface area (Å²) in [5.41, 5.74) is 0. The van der Waals surface area contributed by atoms with Gasteiger partial charge < -0.3 is 4.90 Å². The van der Waals surface area contributed by atoms with E-state index in [-0.39, 0.29) is 0 Å². The Morgan fingerprint density at radius 2 is 1.92 bits per heavy atom. The molecule has 0 aromatic carbocycles. The Morgan fingerprint density at radius 1 is 1.08 bits per heavy atom. The highest BCUT2D eigenvalue weighted by Crippen LogP contribution is 2.54. The van der Waals surface area contributed by atoms with Crippen molar-refractivity contribution >= 4 is 0 Å². The average Bonchev–Trinajstić information content (AvgIpc) is 2.70. The average molecular weight is 179 g/mol. The van der Waals surface area contributed by atoms with E-state index in [1.807, 2.05) is 0 Å². The minimum Gasteiger partial charge on any atom is -0.303 e. The normalized spacial score (nSPS) is 55.4. The van der Waals surface area contributed by atoms with Crippen LogP contribution >= 0.6 is 0 Å². The third-order valence-electron chi connectivity index (χ3n) is 5.21. The van der Waals surface area contributed by atoms with E-state index in [0.29, 0.717) is 0 Å². The monoisotopic (exact) mass is 179 g/mol. The van der Waals surface area contributed by atoms with E-state index in [1.165, 1.54) is 13.0 Å². The van der Waals surface area contributed by atoms with E-state index in [9.17, 15) is 0 Å². The lowest BCUT2D eigenvalue weighted by Crippen LogP contribution is -2.26. The van der Waals surface area contributed by atoms with Crippen molar-refractivity contribution in [2.75, 3.05) is 13.6 Å². The third kappa shape index (κ3) is 1.03. The van der Waals surface area contributed by atoms with Crippen LogP contribution in [0.2, 0.25) is 0 Å². The molecule has 0 amide bonds. The first-order valence-electron chi connectivity index (χ1n) is 5.97. The summed E-state index contributed by atoms with van der Waals surface area (Å²) in [5.74, 6) is 4.39. The van der Waals surface area contributed by atoms with Gasteiger partial charge in [-0.05, 0) is 50.5 Å². The minimum absolute atomic E-state index is 0.871. The van der Waals surface area contributed by atoms with Gasteiger partial charge in [0.25, 0.3) is 0 Å². The summed E-state index contributed by atoms with van der Waals surface area (Å²) in [6.45, 7) is 3.83. The third-order valence-corrected chi connectivity index (χ3v) is 5.21. The fourth-order valence-corrected chi connectivity index (χ4v) is 4.41. The van der Waals surface area contributed by atoms with Crippen molar-refractivity contribution in [3.63, 3.8) is 0 Å². The van der Waals surface area contributed by atoms with Gasteiger partial charge in [0.2, 0.25) is 0 Å². The molecular formula is C12H21N. The number of hydrogen-bond donors (Lipinski definition) is 0. The smallest absolute Gasteiger partial charge is 0.00955 e. The lowest BCUT2D eigenvalue weighted by molar-refractivity contribution is 0.264. The quantitative estimate of drug-likeness (QED) is 0.552. The molecule has 13 heavy (non-hydrogen) atoms. The molecule has 2 unspecified atom stereocenters. The second-order valence-electron chi connectivity index (χ2n) is 5.60. The summed E-state index contributed by atoms with van der Waals surface area (Å²) < 4.78 is 0. The highest BCUT2D eigenvalue weighted by atomic mass is 15.2. The molecule has 3 fully saturated rings. The first-order chi connectivity index (χ1) is 6.27. The number of rotatable bonds is 0. The molecular weight excluding hydrogens is 158 g/mol. The Bertz CT molecular complexity index is 213. The molecule has 3 rings (SSSR count). The molecule has 2 aliphatic carbocycles. The Morgan fingerprint density at radius 3 is 2.77 bits per heavy atom. The molecule has 3 aliphatic rings. The molecule has 1 nitrogen and oxygen atoms in total. The van der Waals surface area contributed by atoms with Gasteiger partial charge in [-0.2, -0.15) is 0 Å². The molecule has 1 heteroatoms. The van der Waals surface area contributed by atoms with E-state index < -0.39 is 0 Å². The van der Waals surface area contributed by atoms with Gasteiger partial charge in [-0.1, -0.05) is 12.8 Å². The van der Waals surface area contributed by atoms with Gasteiger partial charge in [-0.3, -0.25) is 0 Å². The van der Waals surface area contributed by atoms with Crippen molar-refractivity contribution in [1.82, 2.24) is 4.90 Å². The number of likely N-dealkylation sites (tertiary alicyclic amines) is 1. The Labute approximate surface area is 81.5 Å². The molecule has 5 atom stereocenters. The largest absolute Gasteiger partial charge is 0.303 e. The zero-order chi connectivity index (χ0) is 9.00. The topological polar surface area (TPSA) is 3.24 Å². The molecule has 0 bridgehead atoms. The summed E-state index contributed by atoms with van der Waals surface area (Å²) in [7, 11) is 2.31. The zero-order valence-electron chi connectivity index (χ0n) is 8.87. The Hall–Kier alpha value is -0.0400. The van der Waals surface area contributed by atoms with Crippen molar-refractivity contribution < 1.29 is 0 Å². The molecule has 0 spiro atoms. The van der Waals surface area contributed by atoms with Crippen LogP contribution in [0.4, 0.5) is 0 Å². The van der Waals surface area contributed by atoms with Gasteiger partial charge >= 0.3 is 0 Å². The molecule has 0 aromatic heterocycles. The van der Waals surface area contributed by atoms with Gasteiger partial charge in [-0.25, -0.2) is 0 Å². The highest BCUT2D eigenvalue weighted by Gasteiger charge is 2.51. The molecule has 0 radical (unpaired) electrons. The Balaban J connectivity index is 1.83. The van der Waals surface area contributed by atoms with Gasteiger partial charge in [-0.15, -0.1) is 0 Å². The fraction of sp³-hybridized carbons (Fsp3) is 1.00. The van der Waals surface area contributed by atoms with Crippen LogP contribution in [0.15, 0.2) is 0 Å². The molecule has 74 valence electrons. The summed E-state index contributed by atoms with van der Waals surface area (Å²) in [6.07, 6.45) is 6.18. The molecule has 0 N–H and O–H groups in total. The number of nitrogens with zero attached hydrogens (tertiary/aromatic N) is 1. The molecule has 2 saturated carbocycles. The van der Waals surface area contributed by atoms with Crippen molar-refractivity contribution in [3.05, 3.63) is 0 Å². The predicted molar refractivity (Wildman–Crippen MR) is 54.5 cm³/mol. The van der Waals surface area contributed by atoms with E-state index in [0.717, 1.165) is 29.7 Å². The molecule has 1 heterocycles. The van der Waals surface area contributed by atoms with Crippen molar-refractivity contribution in [2.24, 2.45) is 23.7 Å². The maximum Gasteiger partial charge on any atom is 0.00955 e. The van der Waals surface area contributed by atoms with Gasteiger partial charge in [0.1, 0.15) is 0 Å². The molecule has 0 aromatic rings. The number of hydrogen-bond acceptors (Lipinski definition) is 1. The first-order valence-corrected chi connectivity index (χ1v) is 5.97. The number of fused-ring (bicyclic) bond motifs is 3. The maximum absolute atomic E-state index is 2.59. The second kappa shape index (κ2) is 2.73. The predicted octanol–water partition coefficient (Wildman–Crippen LogP) is 2.37. The second-order valence-corrected chi connectivity index (χ2v) is 5.60. The van der Waals surface area contributed by atoms with E-state index in [2.05, 4.69) is 18.9 Å². The summed E-state index contributed by atoms with van der Waals surface area (Å²) in [4.78, 5) is 2.59. The highest BCUT2D eigenvalue weighted by molar-refractivity contribution is 5.02.